The number of benzene rings is 1. The molecule has 0 fully saturated rings. The van der Waals surface area contributed by atoms with Gasteiger partial charge in [-0.25, -0.2) is 4.79 Å². The predicted octanol–water partition coefficient (Wildman–Crippen LogP) is 1.46. The van der Waals surface area contributed by atoms with Gasteiger partial charge < -0.3 is 10.2 Å². The Labute approximate surface area is 87.3 Å². The van der Waals surface area contributed by atoms with Crippen LogP contribution in [-0.2, 0) is 13.1 Å². The van der Waals surface area contributed by atoms with Crippen LogP contribution in [0.3, 0.4) is 0 Å². The smallest absolute Gasteiger partial charge is 0.408 e. The van der Waals surface area contributed by atoms with E-state index < -0.39 is 0 Å². The third-order valence-corrected chi connectivity index (χ3v) is 2.41. The van der Waals surface area contributed by atoms with Crippen LogP contribution in [0.4, 0.5) is 0 Å². The SMILES string of the molecule is CCCn1c(=O)oc2ccc(CN)cc21. The number of hydrogen-bond donors (Lipinski definition) is 1. The predicted molar refractivity (Wildman–Crippen MR) is 58.7 cm³/mol. The zero-order valence-corrected chi connectivity index (χ0v) is 8.69. The lowest BCUT2D eigenvalue weighted by Crippen LogP contribution is -2.13. The molecule has 1 heterocycles. The third kappa shape index (κ3) is 1.68. The van der Waals surface area contributed by atoms with Crippen molar-refractivity contribution in [2.45, 2.75) is 26.4 Å². The van der Waals surface area contributed by atoms with Gasteiger partial charge in [-0.2, -0.15) is 0 Å². The molecule has 4 heteroatoms. The monoisotopic (exact) mass is 206 g/mol. The molecule has 0 saturated heterocycles. The van der Waals surface area contributed by atoms with Crippen molar-refractivity contribution in [2.75, 3.05) is 0 Å². The summed E-state index contributed by atoms with van der Waals surface area (Å²) in [6.07, 6.45) is 0.904. The zero-order chi connectivity index (χ0) is 10.8. The molecule has 0 atom stereocenters. The van der Waals surface area contributed by atoms with Gasteiger partial charge >= 0.3 is 5.76 Å². The molecule has 80 valence electrons. The van der Waals surface area contributed by atoms with Gasteiger partial charge in [0.1, 0.15) is 0 Å². The molecule has 0 amide bonds. The first-order valence-corrected chi connectivity index (χ1v) is 5.08. The van der Waals surface area contributed by atoms with E-state index in [9.17, 15) is 4.79 Å². The van der Waals surface area contributed by atoms with E-state index >= 15 is 0 Å². The van der Waals surface area contributed by atoms with Crippen LogP contribution in [0.25, 0.3) is 11.1 Å². The van der Waals surface area contributed by atoms with Crippen LogP contribution in [0, 0.1) is 0 Å². The van der Waals surface area contributed by atoms with Gasteiger partial charge in [0.2, 0.25) is 0 Å². The molecule has 1 aromatic carbocycles. The number of oxazole rings is 1. The van der Waals surface area contributed by atoms with E-state index in [1.54, 1.807) is 10.6 Å². The maximum absolute atomic E-state index is 11.5. The molecule has 0 aliphatic carbocycles. The lowest BCUT2D eigenvalue weighted by molar-refractivity contribution is 0.502. The van der Waals surface area contributed by atoms with Crippen molar-refractivity contribution in [3.63, 3.8) is 0 Å². The normalized spacial score (nSPS) is 11.1. The summed E-state index contributed by atoms with van der Waals surface area (Å²) < 4.78 is 6.76. The Balaban J connectivity index is 2.66. The maximum Gasteiger partial charge on any atom is 0.419 e. The lowest BCUT2D eigenvalue weighted by atomic mass is 10.2. The summed E-state index contributed by atoms with van der Waals surface area (Å²) in [5, 5.41) is 0. The molecule has 0 bridgehead atoms. The second-order valence-electron chi connectivity index (χ2n) is 3.53. The van der Waals surface area contributed by atoms with Gasteiger partial charge in [0, 0.05) is 13.1 Å². The summed E-state index contributed by atoms with van der Waals surface area (Å²) in [5.74, 6) is -0.291. The Morgan fingerprint density at radius 2 is 2.27 bits per heavy atom. The van der Waals surface area contributed by atoms with Gasteiger partial charge in [0.15, 0.2) is 5.58 Å². The van der Waals surface area contributed by atoms with Crippen LogP contribution in [0.1, 0.15) is 18.9 Å². The van der Waals surface area contributed by atoms with Crippen molar-refractivity contribution in [2.24, 2.45) is 5.73 Å². The fraction of sp³-hybridized carbons (Fsp3) is 0.364. The Morgan fingerprint density at radius 1 is 1.47 bits per heavy atom. The second-order valence-corrected chi connectivity index (χ2v) is 3.53. The second kappa shape index (κ2) is 3.90. The van der Waals surface area contributed by atoms with Gasteiger partial charge in [-0.05, 0) is 24.1 Å². The standard InChI is InChI=1S/C11H14N2O2/c1-2-5-13-9-6-8(7-12)3-4-10(9)15-11(13)14/h3-4,6H,2,5,7,12H2,1H3. The molecule has 4 nitrogen and oxygen atoms in total. The van der Waals surface area contributed by atoms with E-state index in [0.29, 0.717) is 18.7 Å². The minimum atomic E-state index is -0.291. The Morgan fingerprint density at radius 3 is 2.93 bits per heavy atom. The fourth-order valence-corrected chi connectivity index (χ4v) is 1.67. The van der Waals surface area contributed by atoms with E-state index in [1.165, 1.54) is 0 Å². The van der Waals surface area contributed by atoms with Crippen LogP contribution in [0.5, 0.6) is 0 Å². The number of hydrogen-bond acceptors (Lipinski definition) is 3. The number of aromatic nitrogens is 1. The number of aryl methyl sites for hydroxylation is 1. The summed E-state index contributed by atoms with van der Waals surface area (Å²) in [6.45, 7) is 3.18. The number of rotatable bonds is 3. The average Bonchev–Trinajstić information content (AvgIpc) is 2.55. The highest BCUT2D eigenvalue weighted by Gasteiger charge is 2.08. The molecule has 2 rings (SSSR count). The van der Waals surface area contributed by atoms with Gasteiger partial charge in [0.25, 0.3) is 0 Å². The topological polar surface area (TPSA) is 61.2 Å². The summed E-state index contributed by atoms with van der Waals surface area (Å²) in [4.78, 5) is 11.5. The molecule has 0 radical (unpaired) electrons. The Bertz CT molecular complexity index is 525. The van der Waals surface area contributed by atoms with E-state index in [1.807, 2.05) is 19.1 Å². The van der Waals surface area contributed by atoms with Crippen molar-refractivity contribution in [3.8, 4) is 0 Å². The summed E-state index contributed by atoms with van der Waals surface area (Å²) >= 11 is 0. The molecule has 0 aliphatic heterocycles. The Kier molecular flexibility index (Phi) is 2.60. The molecule has 0 aliphatic rings. The van der Waals surface area contributed by atoms with Crippen molar-refractivity contribution in [3.05, 3.63) is 34.3 Å². The summed E-state index contributed by atoms with van der Waals surface area (Å²) in [6, 6.07) is 5.59. The first-order valence-electron chi connectivity index (χ1n) is 5.08. The van der Waals surface area contributed by atoms with Crippen LogP contribution in [0.2, 0.25) is 0 Å². The molecule has 2 N–H and O–H groups in total. The van der Waals surface area contributed by atoms with Crippen molar-refractivity contribution in [1.82, 2.24) is 4.57 Å². The minimum Gasteiger partial charge on any atom is -0.408 e. The van der Waals surface area contributed by atoms with Crippen molar-refractivity contribution in [1.29, 1.82) is 0 Å². The Hall–Kier alpha value is -1.55. The van der Waals surface area contributed by atoms with E-state index in [4.69, 9.17) is 10.2 Å². The van der Waals surface area contributed by atoms with Gasteiger partial charge in [-0.3, -0.25) is 4.57 Å². The first-order chi connectivity index (χ1) is 7.26. The van der Waals surface area contributed by atoms with E-state index in [-0.39, 0.29) is 5.76 Å². The molecule has 1 aromatic heterocycles. The van der Waals surface area contributed by atoms with Crippen LogP contribution in [-0.4, -0.2) is 4.57 Å². The quantitative estimate of drug-likeness (QED) is 0.827. The van der Waals surface area contributed by atoms with Crippen molar-refractivity contribution < 1.29 is 4.42 Å². The van der Waals surface area contributed by atoms with Crippen LogP contribution < -0.4 is 11.5 Å². The highest BCUT2D eigenvalue weighted by molar-refractivity contribution is 5.73. The molecule has 2 aromatic rings. The zero-order valence-electron chi connectivity index (χ0n) is 8.69. The lowest BCUT2D eigenvalue weighted by Gasteiger charge is -2.00. The van der Waals surface area contributed by atoms with E-state index in [2.05, 4.69) is 0 Å². The highest BCUT2D eigenvalue weighted by atomic mass is 16.4. The molecule has 0 saturated carbocycles. The molecule has 0 unspecified atom stereocenters. The highest BCUT2D eigenvalue weighted by Crippen LogP contribution is 2.15. The van der Waals surface area contributed by atoms with Crippen LogP contribution in [0.15, 0.2) is 27.4 Å². The molecular weight excluding hydrogens is 192 g/mol. The van der Waals surface area contributed by atoms with Gasteiger partial charge in [-0.1, -0.05) is 13.0 Å². The fourth-order valence-electron chi connectivity index (χ4n) is 1.67. The third-order valence-electron chi connectivity index (χ3n) is 2.41. The summed E-state index contributed by atoms with van der Waals surface area (Å²) in [5.41, 5.74) is 8.03. The van der Waals surface area contributed by atoms with E-state index in [0.717, 1.165) is 17.5 Å². The first kappa shape index (κ1) is 9.98. The number of nitrogens with two attached hydrogens (primary N) is 1. The largest absolute Gasteiger partial charge is 0.419 e. The average molecular weight is 206 g/mol. The summed E-state index contributed by atoms with van der Waals surface area (Å²) in [7, 11) is 0. The maximum atomic E-state index is 11.5. The molecule has 15 heavy (non-hydrogen) atoms. The molecular formula is C11H14N2O2. The molecule has 0 spiro atoms. The van der Waals surface area contributed by atoms with Crippen molar-refractivity contribution >= 4 is 11.1 Å². The minimum absolute atomic E-state index is 0.291. The number of fused-ring (bicyclic) bond motifs is 1. The van der Waals surface area contributed by atoms with Gasteiger partial charge in [-0.15, -0.1) is 0 Å². The van der Waals surface area contributed by atoms with Crippen LogP contribution >= 0.6 is 0 Å². The number of nitrogens with zero attached hydrogens (tertiary/aromatic N) is 1. The van der Waals surface area contributed by atoms with Gasteiger partial charge in [0.05, 0.1) is 5.52 Å².